The van der Waals surface area contributed by atoms with Crippen molar-refractivity contribution < 1.29 is 0 Å². The number of fused-ring (bicyclic) bond motifs is 2. The van der Waals surface area contributed by atoms with Gasteiger partial charge >= 0.3 is 0 Å². The Morgan fingerprint density at radius 3 is 2.70 bits per heavy atom. The molecule has 2 N–H and O–H groups in total. The highest BCUT2D eigenvalue weighted by molar-refractivity contribution is 5.90. The van der Waals surface area contributed by atoms with E-state index in [0.717, 1.165) is 22.0 Å². The zero-order chi connectivity index (χ0) is 20.3. The molecule has 1 aliphatic heterocycles. The lowest BCUT2D eigenvalue weighted by Gasteiger charge is -2.14. The van der Waals surface area contributed by atoms with Gasteiger partial charge in [-0.2, -0.15) is 15.4 Å². The van der Waals surface area contributed by atoms with E-state index in [9.17, 15) is 0 Å². The third-order valence-corrected chi connectivity index (χ3v) is 4.79. The average Bonchev–Trinajstić information content (AvgIpc) is 3.21. The summed E-state index contributed by atoms with van der Waals surface area (Å²) in [5.41, 5.74) is 3.39. The van der Waals surface area contributed by atoms with Gasteiger partial charge in [-0.3, -0.25) is 0 Å². The minimum Gasteiger partial charge on any atom is -0.350 e. The van der Waals surface area contributed by atoms with Crippen LogP contribution >= 0.6 is 0 Å². The Bertz CT molecular complexity index is 1290. The summed E-state index contributed by atoms with van der Waals surface area (Å²) >= 11 is 0. The number of para-hydroxylation sites is 1. The molecule has 0 spiro atoms. The van der Waals surface area contributed by atoms with Gasteiger partial charge in [-0.05, 0) is 42.0 Å². The molecule has 2 aromatic heterocycles. The molecule has 0 saturated carbocycles. The Labute approximate surface area is 172 Å². The van der Waals surface area contributed by atoms with E-state index in [1.807, 2.05) is 48.5 Å². The summed E-state index contributed by atoms with van der Waals surface area (Å²) in [6, 6.07) is 21.2. The molecule has 8 heteroatoms. The van der Waals surface area contributed by atoms with Crippen LogP contribution in [0, 0.1) is 11.3 Å². The summed E-state index contributed by atoms with van der Waals surface area (Å²) in [5.74, 6) is 1.79. The third kappa shape index (κ3) is 3.40. The molecule has 30 heavy (non-hydrogen) atoms. The number of pyridine rings is 1. The lowest BCUT2D eigenvalue weighted by Crippen LogP contribution is -2.11. The number of nitrogens with one attached hydrogen (secondary N) is 2. The van der Waals surface area contributed by atoms with E-state index in [1.165, 1.54) is 0 Å². The largest absolute Gasteiger partial charge is 0.350 e. The fraction of sp³-hybridized carbons (Fsp3) is 0.0909. The maximum atomic E-state index is 8.94. The molecule has 1 aliphatic rings. The second-order valence-corrected chi connectivity index (χ2v) is 6.75. The van der Waals surface area contributed by atoms with Crippen molar-refractivity contribution in [2.45, 2.75) is 12.7 Å². The predicted octanol–water partition coefficient (Wildman–Crippen LogP) is 4.72. The fourth-order valence-electron chi connectivity index (χ4n) is 3.26. The van der Waals surface area contributed by atoms with Crippen LogP contribution in [0.15, 0.2) is 77.1 Å². The number of hydrogen-bond acceptors (Lipinski definition) is 8. The van der Waals surface area contributed by atoms with E-state index in [4.69, 9.17) is 5.26 Å². The van der Waals surface area contributed by atoms with Crippen LogP contribution in [0.3, 0.4) is 0 Å². The van der Waals surface area contributed by atoms with Gasteiger partial charge in [0.1, 0.15) is 5.82 Å². The molecule has 0 aliphatic carbocycles. The van der Waals surface area contributed by atoms with Crippen molar-refractivity contribution in [3.8, 4) is 6.07 Å². The summed E-state index contributed by atoms with van der Waals surface area (Å²) < 4.78 is 0. The standard InChI is InChI=1S/C22H16N8/c23-12-14-7-9-15(10-8-14)13-25-22-26-18-6-2-1-4-16(18)20(28-22)27-21-17-5-3-11-24-19(17)29-30-21/h1-11,21H,13H2,(H2,25,26,27,28)/t21-/m1/s1. The molecule has 0 amide bonds. The summed E-state index contributed by atoms with van der Waals surface area (Å²) in [6.45, 7) is 0.541. The normalized spacial score (nSPS) is 14.3. The van der Waals surface area contributed by atoms with Gasteiger partial charge in [0.15, 0.2) is 12.0 Å². The Hall–Kier alpha value is -4.38. The molecular weight excluding hydrogens is 376 g/mol. The van der Waals surface area contributed by atoms with Gasteiger partial charge < -0.3 is 10.6 Å². The first-order valence-electron chi connectivity index (χ1n) is 9.42. The van der Waals surface area contributed by atoms with Crippen molar-refractivity contribution in [2.75, 3.05) is 10.6 Å². The van der Waals surface area contributed by atoms with E-state index in [0.29, 0.717) is 29.7 Å². The number of aromatic nitrogens is 3. The molecule has 5 rings (SSSR count). The first kappa shape index (κ1) is 17.7. The SMILES string of the molecule is N#Cc1ccc(CNc2nc(N[C@@H]3N=Nc4ncccc43)c3ccccc3n2)cc1. The minimum atomic E-state index is -0.349. The van der Waals surface area contributed by atoms with Crippen LogP contribution < -0.4 is 10.6 Å². The summed E-state index contributed by atoms with van der Waals surface area (Å²) in [6.07, 6.45) is 1.35. The van der Waals surface area contributed by atoms with Crippen LogP contribution in [0.2, 0.25) is 0 Å². The first-order chi connectivity index (χ1) is 14.8. The predicted molar refractivity (Wildman–Crippen MR) is 113 cm³/mol. The maximum absolute atomic E-state index is 8.94. The van der Waals surface area contributed by atoms with Gasteiger partial charge in [-0.15, -0.1) is 5.11 Å². The summed E-state index contributed by atoms with van der Waals surface area (Å²) in [5, 5.41) is 24.9. The van der Waals surface area contributed by atoms with Crippen molar-refractivity contribution in [1.82, 2.24) is 15.0 Å². The van der Waals surface area contributed by atoms with Gasteiger partial charge in [-0.1, -0.05) is 24.3 Å². The molecule has 0 radical (unpaired) electrons. The van der Waals surface area contributed by atoms with Gasteiger partial charge in [0.2, 0.25) is 5.95 Å². The van der Waals surface area contributed by atoms with Crippen molar-refractivity contribution in [3.05, 3.63) is 83.6 Å². The Morgan fingerprint density at radius 1 is 0.967 bits per heavy atom. The number of hydrogen-bond donors (Lipinski definition) is 2. The van der Waals surface area contributed by atoms with E-state index in [-0.39, 0.29) is 6.17 Å². The van der Waals surface area contributed by atoms with Crippen LogP contribution in [0.25, 0.3) is 10.9 Å². The third-order valence-electron chi connectivity index (χ3n) is 4.79. The second-order valence-electron chi connectivity index (χ2n) is 6.75. The highest BCUT2D eigenvalue weighted by Gasteiger charge is 2.22. The number of anilines is 2. The molecule has 3 heterocycles. The first-order valence-corrected chi connectivity index (χ1v) is 9.42. The molecular formula is C22H16N8. The van der Waals surface area contributed by atoms with Crippen LogP contribution in [-0.4, -0.2) is 15.0 Å². The molecule has 0 bridgehead atoms. The molecule has 2 aromatic carbocycles. The van der Waals surface area contributed by atoms with E-state index >= 15 is 0 Å². The lowest BCUT2D eigenvalue weighted by atomic mass is 10.1. The van der Waals surface area contributed by atoms with Crippen LogP contribution in [0.4, 0.5) is 17.6 Å². The van der Waals surface area contributed by atoms with Crippen LogP contribution in [-0.2, 0) is 6.54 Å². The fourth-order valence-corrected chi connectivity index (χ4v) is 3.26. The second kappa shape index (κ2) is 7.56. The molecule has 8 nitrogen and oxygen atoms in total. The molecule has 1 atom stereocenters. The van der Waals surface area contributed by atoms with Gasteiger partial charge in [0.25, 0.3) is 0 Å². The van der Waals surface area contributed by atoms with Crippen molar-refractivity contribution in [1.29, 1.82) is 5.26 Å². The Kier molecular flexibility index (Phi) is 4.46. The zero-order valence-corrected chi connectivity index (χ0v) is 15.8. The highest BCUT2D eigenvalue weighted by atomic mass is 15.3. The highest BCUT2D eigenvalue weighted by Crippen LogP contribution is 2.35. The minimum absolute atomic E-state index is 0.349. The smallest absolute Gasteiger partial charge is 0.225 e. The van der Waals surface area contributed by atoms with Crippen molar-refractivity contribution >= 4 is 28.5 Å². The molecule has 0 unspecified atom stereocenters. The average molecular weight is 392 g/mol. The number of nitrogens with zero attached hydrogens (tertiary/aromatic N) is 6. The van der Waals surface area contributed by atoms with Gasteiger partial charge in [0, 0.05) is 23.7 Å². The molecule has 4 aromatic rings. The van der Waals surface area contributed by atoms with Crippen molar-refractivity contribution in [3.63, 3.8) is 0 Å². The number of benzene rings is 2. The summed E-state index contributed by atoms with van der Waals surface area (Å²) in [4.78, 5) is 13.5. The topological polar surface area (TPSA) is 111 Å². The van der Waals surface area contributed by atoms with Gasteiger partial charge in [-0.25, -0.2) is 9.97 Å². The Balaban J connectivity index is 1.43. The quantitative estimate of drug-likeness (QED) is 0.508. The number of azo groups is 1. The number of nitriles is 1. The van der Waals surface area contributed by atoms with Crippen LogP contribution in [0.1, 0.15) is 22.9 Å². The molecule has 0 saturated heterocycles. The summed E-state index contributed by atoms with van der Waals surface area (Å²) in [7, 11) is 0. The zero-order valence-electron chi connectivity index (χ0n) is 15.8. The molecule has 0 fully saturated rings. The van der Waals surface area contributed by atoms with E-state index < -0.39 is 0 Å². The van der Waals surface area contributed by atoms with Crippen LogP contribution in [0.5, 0.6) is 0 Å². The lowest BCUT2D eigenvalue weighted by molar-refractivity contribution is 0.822. The number of rotatable bonds is 5. The van der Waals surface area contributed by atoms with Crippen molar-refractivity contribution in [2.24, 2.45) is 10.2 Å². The monoisotopic (exact) mass is 392 g/mol. The van der Waals surface area contributed by atoms with E-state index in [1.54, 1.807) is 18.3 Å². The molecule has 144 valence electrons. The van der Waals surface area contributed by atoms with Gasteiger partial charge in [0.05, 0.1) is 17.1 Å². The van der Waals surface area contributed by atoms with E-state index in [2.05, 4.69) is 41.9 Å². The Morgan fingerprint density at radius 2 is 1.83 bits per heavy atom. The maximum Gasteiger partial charge on any atom is 0.225 e.